The molecule has 2 aromatic carbocycles. The average molecular weight is 393 g/mol. The van der Waals surface area contributed by atoms with Crippen LogP contribution in [0.4, 0.5) is 16.2 Å². The zero-order valence-electron chi connectivity index (χ0n) is 16.1. The summed E-state index contributed by atoms with van der Waals surface area (Å²) in [6.45, 7) is 2.16. The van der Waals surface area contributed by atoms with E-state index in [1.165, 1.54) is 5.56 Å². The van der Waals surface area contributed by atoms with E-state index in [2.05, 4.69) is 11.4 Å². The smallest absolute Gasteiger partial charge is 0.322 e. The first-order valence-electron chi connectivity index (χ1n) is 10.0. The van der Waals surface area contributed by atoms with E-state index in [1.807, 2.05) is 36.4 Å². The van der Waals surface area contributed by atoms with Gasteiger partial charge in [0.05, 0.1) is 6.04 Å². The number of aryl methyl sites for hydroxylation is 1. The SMILES string of the molecule is O=C1CC(NC(=O)N2CCCc3ccccc32)CN1c1ccc2c(c1)OCCO2. The summed E-state index contributed by atoms with van der Waals surface area (Å²) in [5, 5.41) is 3.05. The highest BCUT2D eigenvalue weighted by molar-refractivity contribution is 5.98. The lowest BCUT2D eigenvalue weighted by molar-refractivity contribution is -0.117. The largest absolute Gasteiger partial charge is 0.486 e. The lowest BCUT2D eigenvalue weighted by atomic mass is 10.0. The van der Waals surface area contributed by atoms with Crippen LogP contribution >= 0.6 is 0 Å². The Labute approximate surface area is 169 Å². The number of nitrogens with one attached hydrogen (secondary N) is 1. The van der Waals surface area contributed by atoms with Crippen molar-refractivity contribution in [1.29, 1.82) is 0 Å². The molecule has 0 radical (unpaired) electrons. The number of fused-ring (bicyclic) bond motifs is 2. The van der Waals surface area contributed by atoms with Crippen LogP contribution in [0.5, 0.6) is 11.5 Å². The fourth-order valence-electron chi connectivity index (χ4n) is 4.25. The second-order valence-corrected chi connectivity index (χ2v) is 7.57. The highest BCUT2D eigenvalue weighted by Gasteiger charge is 2.34. The monoisotopic (exact) mass is 393 g/mol. The minimum atomic E-state index is -0.225. The van der Waals surface area contributed by atoms with Gasteiger partial charge in [-0.1, -0.05) is 18.2 Å². The summed E-state index contributed by atoms with van der Waals surface area (Å²) in [7, 11) is 0. The van der Waals surface area contributed by atoms with Crippen molar-refractivity contribution in [1.82, 2.24) is 5.32 Å². The van der Waals surface area contributed by atoms with Gasteiger partial charge in [-0.15, -0.1) is 0 Å². The van der Waals surface area contributed by atoms with Gasteiger partial charge in [0.1, 0.15) is 13.2 Å². The quantitative estimate of drug-likeness (QED) is 0.852. The van der Waals surface area contributed by atoms with Gasteiger partial charge >= 0.3 is 6.03 Å². The van der Waals surface area contributed by atoms with E-state index in [1.54, 1.807) is 9.80 Å². The molecule has 1 atom stereocenters. The number of hydrogen-bond acceptors (Lipinski definition) is 4. The van der Waals surface area contributed by atoms with Gasteiger partial charge in [-0.3, -0.25) is 9.69 Å². The lowest BCUT2D eigenvalue weighted by Crippen LogP contribution is -2.47. The number of carbonyl (C=O) groups excluding carboxylic acids is 2. The van der Waals surface area contributed by atoms with Crippen LogP contribution in [0.15, 0.2) is 42.5 Å². The van der Waals surface area contributed by atoms with E-state index in [-0.39, 0.29) is 24.4 Å². The topological polar surface area (TPSA) is 71.1 Å². The number of hydrogen-bond donors (Lipinski definition) is 1. The molecule has 1 unspecified atom stereocenters. The average Bonchev–Trinajstić information content (AvgIpc) is 3.12. The first-order valence-corrected chi connectivity index (χ1v) is 10.0. The fraction of sp³-hybridized carbons (Fsp3) is 0.364. The van der Waals surface area contributed by atoms with Crippen molar-refractivity contribution in [3.05, 3.63) is 48.0 Å². The Morgan fingerprint density at radius 2 is 1.90 bits per heavy atom. The van der Waals surface area contributed by atoms with Crippen LogP contribution in [0, 0.1) is 0 Å². The molecule has 0 spiro atoms. The minimum Gasteiger partial charge on any atom is -0.486 e. The number of amides is 3. The van der Waals surface area contributed by atoms with Gasteiger partial charge in [-0.25, -0.2) is 4.79 Å². The molecule has 3 aliphatic heterocycles. The Kier molecular flexibility index (Phi) is 4.50. The molecule has 3 aliphatic rings. The molecule has 7 heteroatoms. The van der Waals surface area contributed by atoms with Crippen LogP contribution in [-0.2, 0) is 11.2 Å². The van der Waals surface area contributed by atoms with Crippen molar-refractivity contribution in [2.45, 2.75) is 25.3 Å². The molecule has 150 valence electrons. The van der Waals surface area contributed by atoms with Crippen LogP contribution in [-0.4, -0.2) is 44.3 Å². The Morgan fingerprint density at radius 3 is 2.79 bits per heavy atom. The summed E-state index contributed by atoms with van der Waals surface area (Å²) in [4.78, 5) is 29.0. The van der Waals surface area contributed by atoms with E-state index in [9.17, 15) is 9.59 Å². The third-order valence-electron chi connectivity index (χ3n) is 5.65. The molecule has 1 fully saturated rings. The minimum absolute atomic E-state index is 0.00831. The highest BCUT2D eigenvalue weighted by Crippen LogP contribution is 2.35. The van der Waals surface area contributed by atoms with Gasteiger partial charge in [-0.05, 0) is 36.6 Å². The highest BCUT2D eigenvalue weighted by atomic mass is 16.6. The van der Waals surface area contributed by atoms with Gasteiger partial charge in [0.15, 0.2) is 11.5 Å². The molecule has 29 heavy (non-hydrogen) atoms. The number of benzene rings is 2. The molecule has 7 nitrogen and oxygen atoms in total. The Balaban J connectivity index is 1.28. The second-order valence-electron chi connectivity index (χ2n) is 7.57. The molecule has 5 rings (SSSR count). The number of nitrogens with zero attached hydrogens (tertiary/aromatic N) is 2. The van der Waals surface area contributed by atoms with Crippen molar-refractivity contribution in [3.8, 4) is 11.5 Å². The Bertz CT molecular complexity index is 961. The van der Waals surface area contributed by atoms with Crippen LogP contribution in [0.3, 0.4) is 0 Å². The molecule has 2 aromatic rings. The first-order chi connectivity index (χ1) is 14.2. The van der Waals surface area contributed by atoms with Crippen LogP contribution < -0.4 is 24.6 Å². The molecule has 1 saturated heterocycles. The Hall–Kier alpha value is -3.22. The normalized spacial score (nSPS) is 20.4. The van der Waals surface area contributed by atoms with E-state index < -0.39 is 0 Å². The van der Waals surface area contributed by atoms with E-state index in [0.29, 0.717) is 37.8 Å². The van der Waals surface area contributed by atoms with Gasteiger partial charge in [0, 0.05) is 37.0 Å². The van der Waals surface area contributed by atoms with Crippen LogP contribution in [0.1, 0.15) is 18.4 Å². The van der Waals surface area contributed by atoms with Gasteiger partial charge in [0.25, 0.3) is 0 Å². The summed E-state index contributed by atoms with van der Waals surface area (Å²) in [5.74, 6) is 1.34. The van der Waals surface area contributed by atoms with Gasteiger partial charge in [0.2, 0.25) is 5.91 Å². The summed E-state index contributed by atoms with van der Waals surface area (Å²) in [6.07, 6.45) is 2.22. The van der Waals surface area contributed by atoms with E-state index >= 15 is 0 Å². The summed E-state index contributed by atoms with van der Waals surface area (Å²) in [6, 6.07) is 13.2. The number of urea groups is 1. The van der Waals surface area contributed by atoms with Crippen molar-refractivity contribution in [2.24, 2.45) is 0 Å². The summed E-state index contributed by atoms with van der Waals surface area (Å²) < 4.78 is 11.2. The number of rotatable bonds is 2. The predicted molar refractivity (Wildman–Crippen MR) is 109 cm³/mol. The van der Waals surface area contributed by atoms with Crippen LogP contribution in [0.25, 0.3) is 0 Å². The maximum atomic E-state index is 12.9. The maximum Gasteiger partial charge on any atom is 0.322 e. The van der Waals surface area contributed by atoms with Crippen molar-refractivity contribution < 1.29 is 19.1 Å². The molecule has 0 aromatic heterocycles. The number of anilines is 2. The van der Waals surface area contributed by atoms with Gasteiger partial charge < -0.3 is 19.7 Å². The fourth-order valence-corrected chi connectivity index (χ4v) is 4.25. The first kappa shape index (κ1) is 17.8. The summed E-state index contributed by atoms with van der Waals surface area (Å²) >= 11 is 0. The molecule has 0 saturated carbocycles. The molecule has 3 amide bonds. The third kappa shape index (κ3) is 3.37. The number of ether oxygens (including phenoxy) is 2. The zero-order valence-corrected chi connectivity index (χ0v) is 16.1. The zero-order chi connectivity index (χ0) is 19.8. The second kappa shape index (κ2) is 7.31. The molecular weight excluding hydrogens is 370 g/mol. The predicted octanol–water partition coefficient (Wildman–Crippen LogP) is 2.73. The third-order valence-corrected chi connectivity index (χ3v) is 5.65. The molecular formula is C22H23N3O4. The lowest BCUT2D eigenvalue weighted by Gasteiger charge is -2.30. The van der Waals surface area contributed by atoms with Crippen molar-refractivity contribution >= 4 is 23.3 Å². The number of carbonyl (C=O) groups is 2. The van der Waals surface area contributed by atoms with Crippen molar-refractivity contribution in [2.75, 3.05) is 36.1 Å². The molecule has 0 aliphatic carbocycles. The standard InChI is InChI=1S/C22H23N3O4/c26-21-12-16(14-25(21)17-7-8-19-20(13-17)29-11-10-28-19)23-22(27)24-9-3-5-15-4-1-2-6-18(15)24/h1-2,4,6-8,13,16H,3,5,9-12,14H2,(H,23,27). The van der Waals surface area contributed by atoms with E-state index in [4.69, 9.17) is 9.47 Å². The maximum absolute atomic E-state index is 12.9. The Morgan fingerprint density at radius 1 is 1.07 bits per heavy atom. The van der Waals surface area contributed by atoms with Gasteiger partial charge in [-0.2, -0.15) is 0 Å². The molecule has 1 N–H and O–H groups in total. The van der Waals surface area contributed by atoms with E-state index in [0.717, 1.165) is 24.2 Å². The van der Waals surface area contributed by atoms with Crippen molar-refractivity contribution in [3.63, 3.8) is 0 Å². The summed E-state index contributed by atoms with van der Waals surface area (Å²) in [5.41, 5.74) is 2.91. The molecule has 3 heterocycles. The number of para-hydroxylation sites is 1. The van der Waals surface area contributed by atoms with Crippen LogP contribution in [0.2, 0.25) is 0 Å². The molecule has 0 bridgehead atoms.